The summed E-state index contributed by atoms with van der Waals surface area (Å²) in [5.74, 6) is 1.66. The van der Waals surface area contributed by atoms with E-state index in [9.17, 15) is 0 Å². The maximum absolute atomic E-state index is 4.89. The van der Waals surface area contributed by atoms with Crippen LogP contribution in [-0.4, -0.2) is 59.4 Å². The maximum atomic E-state index is 4.89. The fourth-order valence-electron chi connectivity index (χ4n) is 3.95. The van der Waals surface area contributed by atoms with Gasteiger partial charge in [0.15, 0.2) is 5.96 Å². The number of nitrogens with zero attached hydrogens (tertiary/aromatic N) is 4. The minimum atomic E-state index is 0.316. The Bertz CT molecular complexity index is 598. The molecule has 0 saturated carbocycles. The lowest BCUT2D eigenvalue weighted by molar-refractivity contribution is 0.188. The molecule has 2 N–H and O–H groups in total. The van der Waals surface area contributed by atoms with Crippen LogP contribution in [0.4, 0.5) is 0 Å². The van der Waals surface area contributed by atoms with Gasteiger partial charge >= 0.3 is 0 Å². The molecule has 0 radical (unpaired) electrons. The number of aromatic nitrogens is 2. The summed E-state index contributed by atoms with van der Waals surface area (Å²) in [5.41, 5.74) is 3.73. The van der Waals surface area contributed by atoms with Crippen LogP contribution < -0.4 is 10.6 Å². The zero-order chi connectivity index (χ0) is 19.8. The van der Waals surface area contributed by atoms with E-state index in [1.807, 2.05) is 11.7 Å². The fraction of sp³-hybridized carbons (Fsp3) is 0.810. The third-order valence-corrected chi connectivity index (χ3v) is 5.65. The van der Waals surface area contributed by atoms with Crippen molar-refractivity contribution >= 4 is 5.96 Å². The van der Waals surface area contributed by atoms with Crippen LogP contribution in [0.3, 0.4) is 0 Å². The van der Waals surface area contributed by atoms with E-state index in [2.05, 4.69) is 55.3 Å². The van der Waals surface area contributed by atoms with Crippen LogP contribution in [0, 0.1) is 19.8 Å². The van der Waals surface area contributed by atoms with Crippen LogP contribution >= 0.6 is 0 Å². The summed E-state index contributed by atoms with van der Waals surface area (Å²) in [4.78, 5) is 7.48. The molecule has 1 atom stereocenters. The molecule has 2 heterocycles. The third kappa shape index (κ3) is 6.52. The number of guanidine groups is 1. The lowest BCUT2D eigenvalue weighted by atomic mass is 9.97. The van der Waals surface area contributed by atoms with Crippen molar-refractivity contribution in [1.29, 1.82) is 0 Å². The second-order valence-electron chi connectivity index (χ2n) is 8.03. The Morgan fingerprint density at radius 3 is 2.52 bits per heavy atom. The van der Waals surface area contributed by atoms with Crippen molar-refractivity contribution in [1.82, 2.24) is 25.3 Å². The summed E-state index contributed by atoms with van der Waals surface area (Å²) < 4.78 is 1.97. The molecule has 154 valence electrons. The third-order valence-electron chi connectivity index (χ3n) is 5.65. The van der Waals surface area contributed by atoms with Gasteiger partial charge in [-0.05, 0) is 84.5 Å². The molecule has 1 unspecified atom stereocenters. The highest BCUT2D eigenvalue weighted by molar-refractivity contribution is 5.80. The zero-order valence-electron chi connectivity index (χ0n) is 18.3. The van der Waals surface area contributed by atoms with E-state index in [4.69, 9.17) is 4.99 Å². The minimum absolute atomic E-state index is 0.316. The van der Waals surface area contributed by atoms with Crippen molar-refractivity contribution < 1.29 is 0 Å². The lowest BCUT2D eigenvalue weighted by Crippen LogP contribution is -2.43. The van der Waals surface area contributed by atoms with Crippen molar-refractivity contribution in [3.8, 4) is 0 Å². The van der Waals surface area contributed by atoms with Gasteiger partial charge in [-0.15, -0.1) is 0 Å². The van der Waals surface area contributed by atoms with Gasteiger partial charge in [0.25, 0.3) is 0 Å². The lowest BCUT2D eigenvalue weighted by Gasteiger charge is -2.31. The Kier molecular flexibility index (Phi) is 8.61. The molecule has 6 nitrogen and oxygen atoms in total. The average molecular weight is 377 g/mol. The molecule has 0 bridgehead atoms. The quantitative estimate of drug-likeness (QED) is 0.541. The topological polar surface area (TPSA) is 57.5 Å². The summed E-state index contributed by atoms with van der Waals surface area (Å²) in [6.45, 7) is 16.4. The van der Waals surface area contributed by atoms with Gasteiger partial charge in [-0.2, -0.15) is 5.10 Å². The van der Waals surface area contributed by atoms with Crippen LogP contribution in [0.5, 0.6) is 0 Å². The average Bonchev–Trinajstić information content (AvgIpc) is 2.87. The van der Waals surface area contributed by atoms with Crippen LogP contribution in [0.15, 0.2) is 4.99 Å². The van der Waals surface area contributed by atoms with Gasteiger partial charge in [0.1, 0.15) is 0 Å². The summed E-state index contributed by atoms with van der Waals surface area (Å²) >= 11 is 0. The molecule has 0 aromatic carbocycles. The number of aryl methyl sites for hydroxylation is 2. The van der Waals surface area contributed by atoms with Crippen molar-refractivity contribution in [2.45, 2.75) is 66.3 Å². The van der Waals surface area contributed by atoms with Crippen LogP contribution in [0.25, 0.3) is 0 Å². The number of nitrogens with one attached hydrogen (secondary N) is 2. The first kappa shape index (κ1) is 21.7. The van der Waals surface area contributed by atoms with E-state index in [0.29, 0.717) is 12.0 Å². The number of rotatable bonds is 8. The Hall–Kier alpha value is -1.56. The SMILES string of the molecule is CCCN1CCC(CN=C(NCC)NC(C)Cc2c(C)nn(C)c2C)CC1. The molecule has 0 amide bonds. The molecule has 1 aliphatic heterocycles. The fourth-order valence-corrected chi connectivity index (χ4v) is 3.95. The Labute approximate surface area is 165 Å². The number of aliphatic imine (C=N–C) groups is 1. The second-order valence-corrected chi connectivity index (χ2v) is 8.03. The van der Waals surface area contributed by atoms with Crippen LogP contribution in [0.2, 0.25) is 0 Å². The Morgan fingerprint density at radius 2 is 1.96 bits per heavy atom. The monoisotopic (exact) mass is 376 g/mol. The molecule has 1 aliphatic rings. The summed E-state index contributed by atoms with van der Waals surface area (Å²) in [6, 6.07) is 0.316. The molecule has 27 heavy (non-hydrogen) atoms. The largest absolute Gasteiger partial charge is 0.357 e. The van der Waals surface area contributed by atoms with E-state index >= 15 is 0 Å². The number of hydrogen-bond acceptors (Lipinski definition) is 3. The van der Waals surface area contributed by atoms with E-state index in [-0.39, 0.29) is 0 Å². The van der Waals surface area contributed by atoms with Gasteiger partial charge in [0.05, 0.1) is 5.69 Å². The summed E-state index contributed by atoms with van der Waals surface area (Å²) in [7, 11) is 2.02. The van der Waals surface area contributed by atoms with Crippen LogP contribution in [-0.2, 0) is 13.5 Å². The van der Waals surface area contributed by atoms with E-state index in [1.165, 1.54) is 50.2 Å². The number of piperidine rings is 1. The zero-order valence-corrected chi connectivity index (χ0v) is 18.3. The molecule has 1 fully saturated rings. The maximum Gasteiger partial charge on any atom is 0.191 e. The van der Waals surface area contributed by atoms with Crippen molar-refractivity contribution in [2.24, 2.45) is 18.0 Å². The minimum Gasteiger partial charge on any atom is -0.357 e. The highest BCUT2D eigenvalue weighted by Gasteiger charge is 2.19. The standard InChI is InChI=1S/C21H40N6/c1-7-11-27-12-9-19(10-13-27)15-23-21(22-8-2)24-16(3)14-20-17(4)25-26(6)18(20)5/h16,19H,7-15H2,1-6H3,(H2,22,23,24). The highest BCUT2D eigenvalue weighted by atomic mass is 15.3. The van der Waals surface area contributed by atoms with E-state index in [0.717, 1.165) is 31.2 Å². The number of likely N-dealkylation sites (tertiary alicyclic amines) is 1. The highest BCUT2D eigenvalue weighted by Crippen LogP contribution is 2.18. The Balaban J connectivity index is 1.87. The number of hydrogen-bond donors (Lipinski definition) is 2. The first-order valence-corrected chi connectivity index (χ1v) is 10.7. The van der Waals surface area contributed by atoms with Crippen molar-refractivity contribution in [3.63, 3.8) is 0 Å². The molecule has 1 aromatic heterocycles. The van der Waals surface area contributed by atoms with Gasteiger partial charge in [-0.3, -0.25) is 9.67 Å². The first-order valence-electron chi connectivity index (χ1n) is 10.7. The predicted octanol–water partition coefficient (Wildman–Crippen LogP) is 2.65. The van der Waals surface area contributed by atoms with Gasteiger partial charge in [0.2, 0.25) is 0 Å². The van der Waals surface area contributed by atoms with Crippen LogP contribution in [0.1, 0.15) is 57.0 Å². The second kappa shape index (κ2) is 10.7. The smallest absolute Gasteiger partial charge is 0.191 e. The van der Waals surface area contributed by atoms with Gasteiger partial charge in [-0.25, -0.2) is 0 Å². The molecule has 2 rings (SSSR count). The molecule has 0 aliphatic carbocycles. The summed E-state index contributed by atoms with van der Waals surface area (Å²) in [6.07, 6.45) is 4.76. The predicted molar refractivity (Wildman–Crippen MR) is 114 cm³/mol. The Morgan fingerprint density at radius 1 is 1.26 bits per heavy atom. The normalized spacial score (nSPS) is 17.9. The van der Waals surface area contributed by atoms with Gasteiger partial charge in [0, 0.05) is 31.9 Å². The van der Waals surface area contributed by atoms with Crippen molar-refractivity contribution in [2.75, 3.05) is 32.7 Å². The van der Waals surface area contributed by atoms with Gasteiger partial charge in [-0.1, -0.05) is 6.92 Å². The van der Waals surface area contributed by atoms with E-state index in [1.54, 1.807) is 0 Å². The van der Waals surface area contributed by atoms with Crippen molar-refractivity contribution in [3.05, 3.63) is 17.0 Å². The molecule has 6 heteroatoms. The first-order chi connectivity index (χ1) is 12.9. The summed E-state index contributed by atoms with van der Waals surface area (Å²) in [5, 5.41) is 11.5. The van der Waals surface area contributed by atoms with Gasteiger partial charge < -0.3 is 15.5 Å². The molecule has 1 aromatic rings. The van der Waals surface area contributed by atoms with E-state index < -0.39 is 0 Å². The molecular weight excluding hydrogens is 336 g/mol. The molecular formula is C21H40N6. The molecule has 1 saturated heterocycles. The molecule has 0 spiro atoms.